The summed E-state index contributed by atoms with van der Waals surface area (Å²) in [6.45, 7) is 9.82. The first-order valence-electron chi connectivity index (χ1n) is 17.9. The maximum Gasteiger partial charge on any atom is 0.430 e. The Balaban J connectivity index is 0.00000495. The van der Waals surface area contributed by atoms with Crippen LogP contribution in [0.1, 0.15) is 87.6 Å². The van der Waals surface area contributed by atoms with E-state index >= 15 is 0 Å². The highest BCUT2D eigenvalue weighted by Gasteiger charge is 2.71. The Morgan fingerprint density at radius 1 is 0.852 bits per heavy atom. The number of amides is 2. The van der Waals surface area contributed by atoms with Gasteiger partial charge in [-0.3, -0.25) is 14.5 Å². The number of unbranched alkanes of at least 4 members (excludes halogenated alkanes) is 3. The fourth-order valence-electron chi connectivity index (χ4n) is 5.70. The first-order chi connectivity index (χ1) is 25.4. The number of alkyl halides is 6. The Labute approximate surface area is 313 Å². The lowest BCUT2D eigenvalue weighted by molar-refractivity contribution is -0.376. The van der Waals surface area contributed by atoms with Gasteiger partial charge in [-0.2, -0.15) is 26.3 Å². The molecule has 3 aromatic carbocycles. The van der Waals surface area contributed by atoms with Crippen molar-refractivity contribution in [2.45, 2.75) is 103 Å². The number of benzene rings is 3. The van der Waals surface area contributed by atoms with E-state index in [1.807, 2.05) is 45.9 Å². The van der Waals surface area contributed by atoms with Crippen LogP contribution in [-0.4, -0.2) is 62.0 Å². The lowest BCUT2D eigenvalue weighted by Gasteiger charge is -2.33. The molecule has 0 aliphatic rings. The average molecular weight is 771 g/mol. The second-order valence-corrected chi connectivity index (χ2v) is 12.7. The molecule has 14 heteroatoms. The van der Waals surface area contributed by atoms with Crippen molar-refractivity contribution in [1.29, 1.82) is 0 Å². The molecule has 0 spiro atoms. The zero-order chi connectivity index (χ0) is 40.7. The number of hydrogen-bond donors (Lipinski definition) is 2. The van der Waals surface area contributed by atoms with Crippen LogP contribution in [0.4, 0.5) is 26.3 Å². The van der Waals surface area contributed by atoms with Gasteiger partial charge in [0.2, 0.25) is 6.41 Å². The minimum atomic E-state index is -6.01. The molecule has 3 rings (SSSR count). The number of aliphatic hydroxyl groups is 1. The van der Waals surface area contributed by atoms with Crippen molar-refractivity contribution in [3.8, 4) is 17.2 Å². The summed E-state index contributed by atoms with van der Waals surface area (Å²) in [5.74, 6) is 0.869. The van der Waals surface area contributed by atoms with Crippen molar-refractivity contribution in [1.82, 2.24) is 10.2 Å². The van der Waals surface area contributed by atoms with Crippen LogP contribution < -0.4 is 19.5 Å². The molecule has 0 bridgehead atoms. The van der Waals surface area contributed by atoms with Crippen LogP contribution in [0.3, 0.4) is 0 Å². The van der Waals surface area contributed by atoms with E-state index in [1.54, 1.807) is 45.3 Å². The second-order valence-electron chi connectivity index (χ2n) is 12.7. The number of halogens is 6. The molecule has 1 unspecified atom stereocenters. The van der Waals surface area contributed by atoms with Gasteiger partial charge in [0.1, 0.15) is 29.4 Å². The number of rotatable bonds is 19. The minimum absolute atomic E-state index is 0.00388. The highest BCUT2D eigenvalue weighted by atomic mass is 19.4. The summed E-state index contributed by atoms with van der Waals surface area (Å²) in [5.41, 5.74) is -5.03. The Bertz CT molecular complexity index is 1620. The summed E-state index contributed by atoms with van der Waals surface area (Å²) < 4.78 is 98.1. The van der Waals surface area contributed by atoms with Gasteiger partial charge in [-0.05, 0) is 105 Å². The summed E-state index contributed by atoms with van der Waals surface area (Å²) in [5, 5.41) is 12.9. The third kappa shape index (κ3) is 11.4. The van der Waals surface area contributed by atoms with Crippen LogP contribution in [0, 0.1) is 6.92 Å². The highest BCUT2D eigenvalue weighted by Crippen LogP contribution is 2.50. The molecular weight excluding hydrogens is 718 g/mol. The van der Waals surface area contributed by atoms with Gasteiger partial charge >= 0.3 is 12.4 Å². The molecule has 8 nitrogen and oxygen atoms in total. The van der Waals surface area contributed by atoms with E-state index in [4.69, 9.17) is 14.2 Å². The van der Waals surface area contributed by atoms with E-state index in [0.29, 0.717) is 62.1 Å². The summed E-state index contributed by atoms with van der Waals surface area (Å²) >= 11 is 0. The van der Waals surface area contributed by atoms with Gasteiger partial charge in [0.15, 0.2) is 0 Å². The molecule has 1 atom stereocenters. The number of imide groups is 1. The van der Waals surface area contributed by atoms with Crippen LogP contribution in [0.25, 0.3) is 0 Å². The SMILES string of the molecule is CC.CCCCCc1cc(C(O)(C(F)(F)F)C(F)(F)F)ccc1OCCCCN(C=O)C(=O)C(C)(NC)c1ccc(OCc2cc(C)cc(OC)c2)cc1. The molecular formula is C40H52F6N2O6. The van der Waals surface area contributed by atoms with E-state index in [1.165, 1.54) is 0 Å². The van der Waals surface area contributed by atoms with Crippen LogP contribution in [0.2, 0.25) is 0 Å². The van der Waals surface area contributed by atoms with Crippen molar-refractivity contribution >= 4 is 12.3 Å². The van der Waals surface area contributed by atoms with E-state index in [2.05, 4.69) is 5.32 Å². The summed E-state index contributed by atoms with van der Waals surface area (Å²) in [6, 6.07) is 14.9. The van der Waals surface area contributed by atoms with Gasteiger partial charge in [-0.15, -0.1) is 0 Å². The topological polar surface area (TPSA) is 97.3 Å². The fourth-order valence-corrected chi connectivity index (χ4v) is 5.70. The Morgan fingerprint density at radius 3 is 2.04 bits per heavy atom. The standard InChI is InChI=1S/C38H46F6N2O6.C2H6/c1-6-7-8-11-28-23-30(36(49,37(39,40)41)38(42,43)44)14-17-33(28)51-19-10-9-18-46(25-47)34(48)35(3,45-4)29-12-15-31(16-13-29)52-24-27-20-26(2)21-32(22-27)50-5;1-2/h12-17,20-23,25,45,49H,6-11,18-19,24H2,1-5H3;1-2H3. The molecule has 0 saturated heterocycles. The monoisotopic (exact) mass is 770 g/mol. The fraction of sp³-hybridized carbons (Fsp3) is 0.500. The Hall–Kier alpha value is -4.30. The van der Waals surface area contributed by atoms with Crippen molar-refractivity contribution in [2.75, 3.05) is 27.3 Å². The number of ether oxygens (including phenoxy) is 3. The molecule has 0 aliphatic carbocycles. The number of methoxy groups -OCH3 is 1. The summed E-state index contributed by atoms with van der Waals surface area (Å²) in [4.78, 5) is 26.7. The van der Waals surface area contributed by atoms with Gasteiger partial charge in [-0.25, -0.2) is 0 Å². The van der Waals surface area contributed by atoms with Crippen LogP contribution in [0.15, 0.2) is 60.7 Å². The average Bonchev–Trinajstić information content (AvgIpc) is 3.14. The lowest BCUT2D eigenvalue weighted by atomic mass is 9.89. The maximum atomic E-state index is 13.6. The minimum Gasteiger partial charge on any atom is -0.497 e. The molecule has 3 aromatic rings. The predicted octanol–water partition coefficient (Wildman–Crippen LogP) is 8.93. The lowest BCUT2D eigenvalue weighted by Crippen LogP contribution is -2.53. The zero-order valence-corrected chi connectivity index (χ0v) is 31.9. The molecule has 54 heavy (non-hydrogen) atoms. The summed E-state index contributed by atoms with van der Waals surface area (Å²) in [6.07, 6.45) is -8.93. The van der Waals surface area contributed by atoms with Gasteiger partial charge in [0.25, 0.3) is 11.5 Å². The zero-order valence-electron chi connectivity index (χ0n) is 31.9. The number of carbonyl (C=O) groups is 2. The van der Waals surface area contributed by atoms with Crippen molar-refractivity contribution in [3.05, 3.63) is 88.5 Å². The molecule has 0 aromatic heterocycles. The number of hydrogen-bond acceptors (Lipinski definition) is 7. The molecule has 300 valence electrons. The van der Waals surface area contributed by atoms with E-state index in [-0.39, 0.29) is 30.9 Å². The van der Waals surface area contributed by atoms with Gasteiger partial charge in [0.05, 0.1) is 13.7 Å². The van der Waals surface area contributed by atoms with Gasteiger partial charge in [-0.1, -0.05) is 57.9 Å². The first-order valence-corrected chi connectivity index (χ1v) is 17.9. The Kier molecular flexibility index (Phi) is 17.3. The van der Waals surface area contributed by atoms with Crippen LogP contribution in [0.5, 0.6) is 17.2 Å². The smallest absolute Gasteiger partial charge is 0.430 e. The van der Waals surface area contributed by atoms with E-state index in [9.17, 15) is 41.0 Å². The third-order valence-electron chi connectivity index (χ3n) is 8.90. The predicted molar refractivity (Wildman–Crippen MR) is 194 cm³/mol. The second kappa shape index (κ2) is 20.4. The third-order valence-corrected chi connectivity index (χ3v) is 8.90. The highest BCUT2D eigenvalue weighted by molar-refractivity contribution is 5.94. The molecule has 0 fully saturated rings. The van der Waals surface area contributed by atoms with Crippen LogP contribution in [-0.2, 0) is 33.8 Å². The number of nitrogens with zero attached hydrogens (tertiary/aromatic N) is 1. The van der Waals surface area contributed by atoms with Crippen molar-refractivity contribution in [3.63, 3.8) is 0 Å². The van der Waals surface area contributed by atoms with E-state index < -0.39 is 35.0 Å². The quantitative estimate of drug-likeness (QED) is 0.0714. The maximum absolute atomic E-state index is 13.6. The van der Waals surface area contributed by atoms with Gasteiger partial charge in [0, 0.05) is 12.1 Å². The number of likely N-dealkylation sites (N-methyl/N-ethyl adjacent to an activating group) is 1. The molecule has 2 amide bonds. The van der Waals surface area contributed by atoms with Crippen molar-refractivity contribution in [2.24, 2.45) is 0 Å². The van der Waals surface area contributed by atoms with E-state index in [0.717, 1.165) is 34.3 Å². The summed E-state index contributed by atoms with van der Waals surface area (Å²) in [7, 11) is 3.19. The molecule has 0 aliphatic heterocycles. The van der Waals surface area contributed by atoms with Crippen molar-refractivity contribution < 1.29 is 55.2 Å². The van der Waals surface area contributed by atoms with Crippen LogP contribution >= 0.6 is 0 Å². The molecule has 0 saturated carbocycles. The molecule has 2 N–H and O–H groups in total. The Morgan fingerprint density at radius 2 is 1.48 bits per heavy atom. The number of nitrogens with one attached hydrogen (secondary N) is 1. The van der Waals surface area contributed by atoms with Gasteiger partial charge < -0.3 is 24.6 Å². The number of carbonyl (C=O) groups excluding carboxylic acids is 2. The number of aryl methyl sites for hydroxylation is 2. The largest absolute Gasteiger partial charge is 0.497 e. The normalized spacial score (nSPS) is 12.9. The molecule has 0 heterocycles. The first kappa shape index (κ1) is 45.9. The molecule has 0 radical (unpaired) electrons.